The van der Waals surface area contributed by atoms with E-state index in [-0.39, 0.29) is 5.91 Å². The molecule has 2 aromatic carbocycles. The number of benzene rings is 2. The zero-order valence-corrected chi connectivity index (χ0v) is 13.3. The minimum atomic E-state index is -0.325. The average Bonchev–Trinajstić information content (AvgIpc) is 3.18. The molecule has 0 radical (unpaired) electrons. The lowest BCUT2D eigenvalue weighted by molar-refractivity contribution is 0.102. The van der Waals surface area contributed by atoms with E-state index in [4.69, 9.17) is 5.73 Å². The van der Waals surface area contributed by atoms with Gasteiger partial charge in [-0.3, -0.25) is 10.1 Å². The molecule has 0 aliphatic rings. The minimum Gasteiger partial charge on any atom is -0.383 e. The van der Waals surface area contributed by atoms with Crippen molar-refractivity contribution in [1.82, 2.24) is 14.8 Å². The first-order valence-electron chi connectivity index (χ1n) is 7.28. The Kier molecular flexibility index (Phi) is 3.47. The number of amides is 1. The predicted octanol–water partition coefficient (Wildman–Crippen LogP) is 3.32. The number of nitrogens with zero attached hydrogens (tertiary/aromatic N) is 3. The molecule has 2 heterocycles. The van der Waals surface area contributed by atoms with Gasteiger partial charge in [0.05, 0.1) is 22.1 Å². The number of nitrogens with one attached hydrogen (secondary N) is 1. The van der Waals surface area contributed by atoms with Crippen LogP contribution >= 0.6 is 11.3 Å². The number of aromatic nitrogens is 3. The monoisotopic (exact) mass is 335 g/mol. The molecular formula is C17H13N5OS. The number of nitrogens with two attached hydrogens (primary N) is 1. The Morgan fingerprint density at radius 3 is 2.62 bits per heavy atom. The van der Waals surface area contributed by atoms with Crippen molar-refractivity contribution < 1.29 is 4.79 Å². The summed E-state index contributed by atoms with van der Waals surface area (Å²) in [7, 11) is 0. The number of nitrogen functional groups attached to an aromatic ring is 1. The average molecular weight is 335 g/mol. The molecule has 3 N–H and O–H groups in total. The highest BCUT2D eigenvalue weighted by molar-refractivity contribution is 7.22. The van der Waals surface area contributed by atoms with Gasteiger partial charge in [-0.05, 0) is 24.3 Å². The van der Waals surface area contributed by atoms with Gasteiger partial charge in [0.25, 0.3) is 5.91 Å². The van der Waals surface area contributed by atoms with Gasteiger partial charge in [0.15, 0.2) is 5.13 Å². The van der Waals surface area contributed by atoms with Gasteiger partial charge in [-0.2, -0.15) is 5.10 Å². The molecule has 0 bridgehead atoms. The zero-order valence-electron chi connectivity index (χ0n) is 12.5. The molecule has 1 amide bonds. The van der Waals surface area contributed by atoms with E-state index in [0.717, 1.165) is 15.9 Å². The molecule has 118 valence electrons. The fourth-order valence-corrected chi connectivity index (χ4v) is 3.26. The SMILES string of the molecule is Nc1c(C(=O)Nc2nc3ccccc3s2)cnn1-c1ccccc1. The molecule has 0 saturated heterocycles. The largest absolute Gasteiger partial charge is 0.383 e. The number of rotatable bonds is 3. The van der Waals surface area contributed by atoms with Crippen LogP contribution in [-0.2, 0) is 0 Å². The molecule has 0 fully saturated rings. The Morgan fingerprint density at radius 1 is 1.08 bits per heavy atom. The molecular weight excluding hydrogens is 322 g/mol. The van der Waals surface area contributed by atoms with Crippen molar-refractivity contribution in [2.45, 2.75) is 0 Å². The Morgan fingerprint density at radius 2 is 1.83 bits per heavy atom. The van der Waals surface area contributed by atoms with Gasteiger partial charge in [-0.25, -0.2) is 9.67 Å². The molecule has 0 aliphatic heterocycles. The third-order valence-electron chi connectivity index (χ3n) is 3.57. The summed E-state index contributed by atoms with van der Waals surface area (Å²) in [6.07, 6.45) is 1.46. The topological polar surface area (TPSA) is 85.8 Å². The summed E-state index contributed by atoms with van der Waals surface area (Å²) in [4.78, 5) is 16.9. The van der Waals surface area contributed by atoms with E-state index in [1.165, 1.54) is 22.2 Å². The van der Waals surface area contributed by atoms with Gasteiger partial charge in [-0.15, -0.1) is 0 Å². The summed E-state index contributed by atoms with van der Waals surface area (Å²) in [5.41, 5.74) is 8.06. The second-order valence-corrected chi connectivity index (χ2v) is 6.16. The smallest absolute Gasteiger partial charge is 0.262 e. The highest BCUT2D eigenvalue weighted by Gasteiger charge is 2.17. The van der Waals surface area contributed by atoms with E-state index in [2.05, 4.69) is 15.4 Å². The quantitative estimate of drug-likeness (QED) is 0.601. The molecule has 2 aromatic heterocycles. The number of thiazole rings is 1. The van der Waals surface area contributed by atoms with Crippen LogP contribution in [0.4, 0.5) is 10.9 Å². The van der Waals surface area contributed by atoms with E-state index in [1.54, 1.807) is 0 Å². The Balaban J connectivity index is 1.62. The number of hydrogen-bond acceptors (Lipinski definition) is 5. The van der Waals surface area contributed by atoms with Crippen LogP contribution in [0.5, 0.6) is 0 Å². The van der Waals surface area contributed by atoms with Gasteiger partial charge in [0.1, 0.15) is 11.4 Å². The van der Waals surface area contributed by atoms with Gasteiger partial charge in [0.2, 0.25) is 0 Å². The van der Waals surface area contributed by atoms with Crippen LogP contribution in [0.25, 0.3) is 15.9 Å². The lowest BCUT2D eigenvalue weighted by atomic mass is 10.3. The van der Waals surface area contributed by atoms with Crippen LogP contribution in [0.15, 0.2) is 60.8 Å². The van der Waals surface area contributed by atoms with Crippen molar-refractivity contribution in [3.8, 4) is 5.69 Å². The highest BCUT2D eigenvalue weighted by atomic mass is 32.1. The van der Waals surface area contributed by atoms with Crippen LogP contribution in [0, 0.1) is 0 Å². The van der Waals surface area contributed by atoms with Crippen molar-refractivity contribution in [3.05, 3.63) is 66.4 Å². The Hall–Kier alpha value is -3.19. The maximum Gasteiger partial charge on any atom is 0.262 e. The summed E-state index contributed by atoms with van der Waals surface area (Å²) in [6.45, 7) is 0. The molecule has 0 atom stereocenters. The van der Waals surface area contributed by atoms with Gasteiger partial charge >= 0.3 is 0 Å². The number of para-hydroxylation sites is 2. The van der Waals surface area contributed by atoms with Crippen LogP contribution in [0.1, 0.15) is 10.4 Å². The summed E-state index contributed by atoms with van der Waals surface area (Å²) in [5.74, 6) is -0.0338. The number of hydrogen-bond donors (Lipinski definition) is 2. The molecule has 0 aliphatic carbocycles. The van der Waals surface area contributed by atoms with Crippen molar-refractivity contribution in [3.63, 3.8) is 0 Å². The second-order valence-electron chi connectivity index (χ2n) is 5.13. The zero-order chi connectivity index (χ0) is 16.5. The molecule has 0 unspecified atom stereocenters. The van der Waals surface area contributed by atoms with Crippen LogP contribution in [0.2, 0.25) is 0 Å². The number of carbonyl (C=O) groups is 1. The van der Waals surface area contributed by atoms with Crippen molar-refractivity contribution in [2.24, 2.45) is 0 Å². The first-order chi connectivity index (χ1) is 11.7. The maximum absolute atomic E-state index is 12.5. The third-order valence-corrected chi connectivity index (χ3v) is 4.52. The molecule has 4 aromatic rings. The van der Waals surface area contributed by atoms with E-state index in [9.17, 15) is 4.79 Å². The van der Waals surface area contributed by atoms with Crippen molar-refractivity contribution in [2.75, 3.05) is 11.1 Å². The summed E-state index contributed by atoms with van der Waals surface area (Å²) >= 11 is 1.42. The van der Waals surface area contributed by atoms with E-state index < -0.39 is 0 Å². The van der Waals surface area contributed by atoms with E-state index in [1.807, 2.05) is 54.6 Å². The molecule has 6 nitrogen and oxygen atoms in total. The lowest BCUT2D eigenvalue weighted by Gasteiger charge is -2.04. The number of carbonyl (C=O) groups excluding carboxylic acids is 1. The first kappa shape index (κ1) is 14.4. The highest BCUT2D eigenvalue weighted by Crippen LogP contribution is 2.26. The maximum atomic E-state index is 12.5. The van der Waals surface area contributed by atoms with Crippen LogP contribution < -0.4 is 11.1 Å². The second kappa shape index (κ2) is 5.78. The van der Waals surface area contributed by atoms with Gasteiger partial charge in [-0.1, -0.05) is 41.7 Å². The fourth-order valence-electron chi connectivity index (χ4n) is 2.40. The van der Waals surface area contributed by atoms with Crippen molar-refractivity contribution >= 4 is 38.4 Å². The Bertz CT molecular complexity index is 989. The van der Waals surface area contributed by atoms with Crippen molar-refractivity contribution in [1.29, 1.82) is 0 Å². The van der Waals surface area contributed by atoms with Gasteiger partial charge in [0, 0.05) is 0 Å². The lowest BCUT2D eigenvalue weighted by Crippen LogP contribution is -2.13. The van der Waals surface area contributed by atoms with Crippen LogP contribution in [-0.4, -0.2) is 20.7 Å². The summed E-state index contributed by atoms with van der Waals surface area (Å²) in [5, 5.41) is 7.53. The van der Waals surface area contributed by atoms with E-state index >= 15 is 0 Å². The summed E-state index contributed by atoms with van der Waals surface area (Å²) < 4.78 is 2.55. The fraction of sp³-hybridized carbons (Fsp3) is 0. The molecule has 4 rings (SSSR count). The molecule has 24 heavy (non-hydrogen) atoms. The first-order valence-corrected chi connectivity index (χ1v) is 8.10. The normalized spacial score (nSPS) is 10.8. The van der Waals surface area contributed by atoms with Crippen LogP contribution in [0.3, 0.4) is 0 Å². The number of anilines is 2. The standard InChI is InChI=1S/C17H13N5OS/c18-15-12(10-19-22(15)11-6-2-1-3-7-11)16(23)21-17-20-13-8-4-5-9-14(13)24-17/h1-10H,18H2,(H,20,21,23). The molecule has 7 heteroatoms. The molecule has 0 spiro atoms. The third kappa shape index (κ3) is 2.50. The predicted molar refractivity (Wildman–Crippen MR) is 95.5 cm³/mol. The molecule has 0 saturated carbocycles. The summed E-state index contributed by atoms with van der Waals surface area (Å²) in [6, 6.07) is 17.1. The minimum absolute atomic E-state index is 0.291. The Labute approximate surface area is 141 Å². The van der Waals surface area contributed by atoms with Gasteiger partial charge < -0.3 is 5.73 Å². The number of fused-ring (bicyclic) bond motifs is 1. The van der Waals surface area contributed by atoms with E-state index in [0.29, 0.717) is 16.5 Å².